The van der Waals surface area contributed by atoms with Crippen LogP contribution in [0.1, 0.15) is 31.4 Å². The largest absolute Gasteiger partial charge is 0.493 e. The smallest absolute Gasteiger partial charge is 0.280 e. The molecular formula is C23H25N3O5S. The molecule has 0 spiro atoms. The lowest BCUT2D eigenvalue weighted by Gasteiger charge is -2.22. The highest BCUT2D eigenvalue weighted by molar-refractivity contribution is 8.18. The van der Waals surface area contributed by atoms with E-state index in [1.54, 1.807) is 4.90 Å². The van der Waals surface area contributed by atoms with Gasteiger partial charge in [0.2, 0.25) is 0 Å². The Labute approximate surface area is 191 Å². The van der Waals surface area contributed by atoms with Gasteiger partial charge in [-0.05, 0) is 56.3 Å². The van der Waals surface area contributed by atoms with Crippen LogP contribution in [0, 0.1) is 17.0 Å². The number of ether oxygens (including phenoxy) is 2. The van der Waals surface area contributed by atoms with Crippen molar-refractivity contribution in [2.45, 2.75) is 33.2 Å². The van der Waals surface area contributed by atoms with Crippen LogP contribution in [0.25, 0.3) is 6.08 Å². The number of amides is 1. The van der Waals surface area contributed by atoms with Gasteiger partial charge in [-0.25, -0.2) is 4.99 Å². The van der Waals surface area contributed by atoms with E-state index in [4.69, 9.17) is 9.47 Å². The number of carbonyl (C=O) groups is 1. The van der Waals surface area contributed by atoms with Gasteiger partial charge < -0.3 is 9.47 Å². The first kappa shape index (κ1) is 23.3. The number of amidine groups is 1. The van der Waals surface area contributed by atoms with Gasteiger partial charge in [-0.1, -0.05) is 24.6 Å². The first-order valence-corrected chi connectivity index (χ1v) is 10.9. The minimum Gasteiger partial charge on any atom is -0.493 e. The molecule has 1 atom stereocenters. The molecule has 9 heteroatoms. The standard InChI is InChI=1S/C23H25N3O5S/c1-6-15(3)25-22(27)21(32-23(25)24-17-9-7-14(2)8-10-17)12-16-11-19(30-4)20(31-5)13-18(16)26(28)29/h7-13,15H,6H2,1-5H3/b21-12+,24-23?/t15-/m0/s1. The number of carbonyl (C=O) groups excluding carboxylic acids is 1. The number of nitrogens with zero attached hydrogens (tertiary/aromatic N) is 3. The maximum absolute atomic E-state index is 13.3. The Morgan fingerprint density at radius 3 is 2.38 bits per heavy atom. The van der Waals surface area contributed by atoms with Gasteiger partial charge in [-0.3, -0.25) is 19.8 Å². The van der Waals surface area contributed by atoms with Crippen LogP contribution >= 0.6 is 11.8 Å². The maximum Gasteiger partial charge on any atom is 0.280 e. The van der Waals surface area contributed by atoms with Gasteiger partial charge in [0, 0.05) is 6.04 Å². The normalized spacial score (nSPS) is 17.2. The molecule has 1 saturated heterocycles. The predicted molar refractivity (Wildman–Crippen MR) is 127 cm³/mol. The van der Waals surface area contributed by atoms with Gasteiger partial charge >= 0.3 is 0 Å². The van der Waals surface area contributed by atoms with Gasteiger partial charge in [-0.15, -0.1) is 0 Å². The number of nitro groups is 1. The fraction of sp³-hybridized carbons (Fsp3) is 0.304. The third kappa shape index (κ3) is 4.77. The molecule has 168 valence electrons. The van der Waals surface area contributed by atoms with Crippen molar-refractivity contribution in [1.82, 2.24) is 4.90 Å². The van der Waals surface area contributed by atoms with Gasteiger partial charge in [0.05, 0.1) is 41.4 Å². The highest BCUT2D eigenvalue weighted by atomic mass is 32.2. The van der Waals surface area contributed by atoms with Gasteiger partial charge in [0.25, 0.3) is 11.6 Å². The quantitative estimate of drug-likeness (QED) is 0.318. The first-order valence-electron chi connectivity index (χ1n) is 10.1. The second-order valence-electron chi connectivity index (χ2n) is 7.30. The predicted octanol–water partition coefficient (Wildman–Crippen LogP) is 5.32. The van der Waals surface area contributed by atoms with E-state index in [0.717, 1.165) is 17.7 Å². The van der Waals surface area contributed by atoms with Gasteiger partial charge in [0.1, 0.15) is 0 Å². The van der Waals surface area contributed by atoms with Gasteiger partial charge in [0.15, 0.2) is 16.7 Å². The average Bonchev–Trinajstić information content (AvgIpc) is 3.08. The average molecular weight is 456 g/mol. The minimum absolute atomic E-state index is 0.0783. The number of hydrogen-bond donors (Lipinski definition) is 0. The summed E-state index contributed by atoms with van der Waals surface area (Å²) in [4.78, 5) is 31.1. The molecule has 1 aliphatic heterocycles. The van der Waals surface area contributed by atoms with E-state index in [9.17, 15) is 14.9 Å². The molecule has 0 saturated carbocycles. The Bertz CT molecular complexity index is 1100. The lowest BCUT2D eigenvalue weighted by atomic mass is 10.1. The highest BCUT2D eigenvalue weighted by Gasteiger charge is 2.36. The molecular weight excluding hydrogens is 430 g/mol. The highest BCUT2D eigenvalue weighted by Crippen LogP contribution is 2.40. The van der Waals surface area contributed by atoms with Gasteiger partial charge in [-0.2, -0.15) is 0 Å². The van der Waals surface area contributed by atoms with E-state index in [1.165, 1.54) is 44.2 Å². The van der Waals surface area contributed by atoms with Crippen molar-refractivity contribution in [3.05, 3.63) is 62.5 Å². The SMILES string of the molecule is CC[C@H](C)N1C(=O)/C(=C\c2cc(OC)c(OC)cc2[N+](=O)[O-])SC1=Nc1ccc(C)cc1. The summed E-state index contributed by atoms with van der Waals surface area (Å²) in [5.74, 6) is 0.349. The topological polar surface area (TPSA) is 94.3 Å². The molecule has 2 aromatic rings. The molecule has 0 N–H and O–H groups in total. The molecule has 2 aromatic carbocycles. The third-order valence-electron chi connectivity index (χ3n) is 5.14. The fourth-order valence-corrected chi connectivity index (χ4v) is 4.25. The summed E-state index contributed by atoms with van der Waals surface area (Å²) in [6, 6.07) is 10.4. The van der Waals surface area contributed by atoms with Crippen LogP contribution in [-0.4, -0.2) is 41.2 Å². The lowest BCUT2D eigenvalue weighted by Crippen LogP contribution is -2.36. The summed E-state index contributed by atoms with van der Waals surface area (Å²) in [7, 11) is 2.86. The van der Waals surface area contributed by atoms with Crippen molar-refractivity contribution in [1.29, 1.82) is 0 Å². The van der Waals surface area contributed by atoms with E-state index in [1.807, 2.05) is 45.0 Å². The van der Waals surface area contributed by atoms with E-state index in [-0.39, 0.29) is 28.9 Å². The van der Waals surface area contributed by atoms with E-state index >= 15 is 0 Å². The number of rotatable bonds is 7. The summed E-state index contributed by atoms with van der Waals surface area (Å²) in [5, 5.41) is 12.2. The number of aliphatic imine (C=N–C) groups is 1. The second kappa shape index (κ2) is 9.86. The summed E-state index contributed by atoms with van der Waals surface area (Å²) in [6.45, 7) is 5.94. The Morgan fingerprint density at radius 1 is 1.19 bits per heavy atom. The molecule has 0 aromatic heterocycles. The zero-order chi connectivity index (χ0) is 23.4. The number of methoxy groups -OCH3 is 2. The summed E-state index contributed by atoms with van der Waals surface area (Å²) < 4.78 is 10.5. The van der Waals surface area contributed by atoms with Crippen LogP contribution in [0.4, 0.5) is 11.4 Å². The third-order valence-corrected chi connectivity index (χ3v) is 6.13. The molecule has 3 rings (SSSR count). The number of thioether (sulfide) groups is 1. The molecule has 0 unspecified atom stereocenters. The molecule has 1 fully saturated rings. The molecule has 1 aliphatic rings. The van der Waals surface area contributed by atoms with Crippen LogP contribution in [0.2, 0.25) is 0 Å². The van der Waals surface area contributed by atoms with Crippen LogP contribution in [0.3, 0.4) is 0 Å². The number of benzene rings is 2. The summed E-state index contributed by atoms with van der Waals surface area (Å²) in [5.41, 5.74) is 1.92. The van der Waals surface area contributed by atoms with E-state index < -0.39 is 4.92 Å². The number of nitro benzene ring substituents is 1. The van der Waals surface area contributed by atoms with Crippen molar-refractivity contribution in [2.75, 3.05) is 14.2 Å². The molecule has 32 heavy (non-hydrogen) atoms. The van der Waals surface area contributed by atoms with Crippen molar-refractivity contribution < 1.29 is 19.2 Å². The molecule has 8 nitrogen and oxygen atoms in total. The Balaban J connectivity index is 2.09. The summed E-state index contributed by atoms with van der Waals surface area (Å²) in [6.07, 6.45) is 2.25. The van der Waals surface area contributed by atoms with Crippen molar-refractivity contribution in [3.8, 4) is 11.5 Å². The van der Waals surface area contributed by atoms with Crippen molar-refractivity contribution in [2.24, 2.45) is 4.99 Å². The van der Waals surface area contributed by atoms with Crippen LogP contribution < -0.4 is 9.47 Å². The number of aryl methyl sites for hydroxylation is 1. The summed E-state index contributed by atoms with van der Waals surface area (Å²) >= 11 is 1.20. The minimum atomic E-state index is -0.508. The van der Waals surface area contributed by atoms with Crippen LogP contribution in [0.15, 0.2) is 46.3 Å². The van der Waals surface area contributed by atoms with E-state index in [0.29, 0.717) is 15.8 Å². The Kier molecular flexibility index (Phi) is 7.19. The second-order valence-corrected chi connectivity index (χ2v) is 8.31. The molecule has 1 amide bonds. The maximum atomic E-state index is 13.3. The lowest BCUT2D eigenvalue weighted by molar-refractivity contribution is -0.385. The van der Waals surface area contributed by atoms with Crippen molar-refractivity contribution >= 4 is 40.3 Å². The Hall–Kier alpha value is -3.33. The first-order chi connectivity index (χ1) is 15.3. The molecule has 1 heterocycles. The molecule has 0 radical (unpaired) electrons. The van der Waals surface area contributed by atoms with Crippen LogP contribution in [-0.2, 0) is 4.79 Å². The zero-order valence-corrected chi connectivity index (χ0v) is 19.4. The molecule has 0 bridgehead atoms. The van der Waals surface area contributed by atoms with Crippen LogP contribution in [0.5, 0.6) is 11.5 Å². The molecule has 0 aliphatic carbocycles. The Morgan fingerprint density at radius 2 is 1.81 bits per heavy atom. The zero-order valence-electron chi connectivity index (χ0n) is 18.6. The monoisotopic (exact) mass is 455 g/mol. The van der Waals surface area contributed by atoms with Crippen molar-refractivity contribution in [3.63, 3.8) is 0 Å². The number of hydrogen-bond acceptors (Lipinski definition) is 7. The fourth-order valence-electron chi connectivity index (χ4n) is 3.16. The van der Waals surface area contributed by atoms with E-state index in [2.05, 4.69) is 4.99 Å².